The van der Waals surface area contributed by atoms with Gasteiger partial charge in [-0.1, -0.05) is 48.2 Å². The van der Waals surface area contributed by atoms with Gasteiger partial charge in [0.2, 0.25) is 0 Å². The molecule has 2 aromatic carbocycles. The van der Waals surface area contributed by atoms with E-state index in [1.165, 1.54) is 22.7 Å². The minimum atomic E-state index is -0.308. The number of nitrogens with zero attached hydrogens (tertiary/aromatic N) is 3. The Morgan fingerprint density at radius 1 is 1.18 bits per heavy atom. The standard InChI is InChI=1S/C25H21N5O2S/c1-16-7-10-20(29-25(31)30-21(11-12-32-30)17-5-3-2-4-6-17)13-18(16)8-9-19-14-33-24-22(19)23(26)27-15-28-24/h2-7,10,13-15,21H,11-12H2,1H3,(H,29,31)(H2,26,27,28)/t21-/m1/s1. The monoisotopic (exact) mass is 455 g/mol. The molecule has 164 valence electrons. The number of aromatic nitrogens is 2. The zero-order valence-corrected chi connectivity index (χ0v) is 18.7. The summed E-state index contributed by atoms with van der Waals surface area (Å²) in [6.07, 6.45) is 2.21. The lowest BCUT2D eigenvalue weighted by atomic mass is 10.1. The minimum absolute atomic E-state index is 0.115. The Kier molecular flexibility index (Phi) is 5.65. The first kappa shape index (κ1) is 20.9. The van der Waals surface area contributed by atoms with Gasteiger partial charge < -0.3 is 11.1 Å². The summed E-state index contributed by atoms with van der Waals surface area (Å²) in [5.41, 5.74) is 10.3. The number of nitrogens with two attached hydrogens (primary N) is 1. The Morgan fingerprint density at radius 2 is 2.00 bits per heavy atom. The van der Waals surface area contributed by atoms with E-state index in [1.807, 2.05) is 60.8 Å². The van der Waals surface area contributed by atoms with Crippen LogP contribution in [0.25, 0.3) is 10.2 Å². The fourth-order valence-corrected chi connectivity index (χ4v) is 4.63. The number of thiophene rings is 1. The number of aryl methyl sites for hydroxylation is 1. The average molecular weight is 456 g/mol. The Morgan fingerprint density at radius 3 is 2.85 bits per heavy atom. The van der Waals surface area contributed by atoms with Crippen LogP contribution in [0.1, 0.15) is 34.7 Å². The van der Waals surface area contributed by atoms with Crippen molar-refractivity contribution in [3.8, 4) is 11.8 Å². The number of rotatable bonds is 2. The Labute approximate surface area is 195 Å². The summed E-state index contributed by atoms with van der Waals surface area (Å²) in [5.74, 6) is 6.80. The molecule has 0 aliphatic carbocycles. The third kappa shape index (κ3) is 4.24. The number of hydrogen-bond donors (Lipinski definition) is 2. The quantitative estimate of drug-likeness (QED) is 0.420. The van der Waals surface area contributed by atoms with Crippen LogP contribution >= 0.6 is 11.3 Å². The minimum Gasteiger partial charge on any atom is -0.383 e. The van der Waals surface area contributed by atoms with E-state index >= 15 is 0 Å². The predicted molar refractivity (Wildman–Crippen MR) is 130 cm³/mol. The number of amides is 2. The van der Waals surface area contributed by atoms with Crippen LogP contribution in [0.4, 0.5) is 16.3 Å². The SMILES string of the molecule is Cc1ccc(NC(=O)N2OCC[C@@H]2c2ccccc2)cc1C#Cc1csc2ncnc(N)c12. The van der Waals surface area contributed by atoms with Crippen LogP contribution < -0.4 is 11.1 Å². The van der Waals surface area contributed by atoms with Gasteiger partial charge in [0.25, 0.3) is 0 Å². The molecule has 0 saturated carbocycles. The van der Waals surface area contributed by atoms with Crippen molar-refractivity contribution in [1.29, 1.82) is 0 Å². The summed E-state index contributed by atoms with van der Waals surface area (Å²) in [6, 6.07) is 15.1. The molecule has 3 N–H and O–H groups in total. The van der Waals surface area contributed by atoms with Crippen molar-refractivity contribution in [2.45, 2.75) is 19.4 Å². The first-order chi connectivity index (χ1) is 16.1. The van der Waals surface area contributed by atoms with Gasteiger partial charge in [0.05, 0.1) is 18.0 Å². The second kappa shape index (κ2) is 8.90. The largest absolute Gasteiger partial charge is 0.383 e. The predicted octanol–water partition coefficient (Wildman–Crippen LogP) is 4.89. The fourth-order valence-electron chi connectivity index (χ4n) is 3.79. The lowest BCUT2D eigenvalue weighted by molar-refractivity contribution is -0.0829. The van der Waals surface area contributed by atoms with Crippen molar-refractivity contribution in [3.05, 3.63) is 82.5 Å². The smallest absolute Gasteiger partial charge is 0.346 e. The number of hydroxylamine groups is 2. The molecular formula is C25H21N5O2S. The van der Waals surface area contributed by atoms with E-state index in [9.17, 15) is 4.79 Å². The molecule has 8 heteroatoms. The van der Waals surface area contributed by atoms with Gasteiger partial charge in [-0.3, -0.25) is 4.84 Å². The molecule has 1 aliphatic rings. The third-order valence-electron chi connectivity index (χ3n) is 5.51. The summed E-state index contributed by atoms with van der Waals surface area (Å²) >= 11 is 1.48. The van der Waals surface area contributed by atoms with E-state index in [4.69, 9.17) is 10.6 Å². The molecule has 0 radical (unpaired) electrons. The first-order valence-corrected chi connectivity index (χ1v) is 11.4. The van der Waals surface area contributed by atoms with E-state index in [0.29, 0.717) is 18.1 Å². The van der Waals surface area contributed by atoms with Crippen molar-refractivity contribution >= 4 is 39.1 Å². The number of fused-ring (bicyclic) bond motifs is 1. The second-order valence-electron chi connectivity index (χ2n) is 7.67. The normalized spacial score (nSPS) is 15.3. The van der Waals surface area contributed by atoms with E-state index < -0.39 is 0 Å². The second-order valence-corrected chi connectivity index (χ2v) is 8.53. The number of urea groups is 1. The molecule has 1 saturated heterocycles. The molecule has 0 bridgehead atoms. The van der Waals surface area contributed by atoms with Crippen molar-refractivity contribution in [3.63, 3.8) is 0 Å². The molecule has 5 rings (SSSR count). The van der Waals surface area contributed by atoms with Gasteiger partial charge in [-0.25, -0.2) is 14.8 Å². The van der Waals surface area contributed by atoms with Gasteiger partial charge in [0, 0.05) is 28.6 Å². The Bertz CT molecular complexity index is 1390. The number of hydrogen-bond acceptors (Lipinski definition) is 6. The van der Waals surface area contributed by atoms with Crippen LogP contribution in [0.2, 0.25) is 0 Å². The van der Waals surface area contributed by atoms with Gasteiger partial charge in [0.15, 0.2) is 0 Å². The van der Waals surface area contributed by atoms with Crippen LogP contribution in [0.15, 0.2) is 60.2 Å². The van der Waals surface area contributed by atoms with Crippen molar-refractivity contribution in [1.82, 2.24) is 15.0 Å². The maximum atomic E-state index is 13.0. The molecule has 3 heterocycles. The van der Waals surface area contributed by atoms with Gasteiger partial charge in [0.1, 0.15) is 17.0 Å². The van der Waals surface area contributed by atoms with Gasteiger partial charge in [-0.2, -0.15) is 5.06 Å². The number of nitrogen functional groups attached to an aromatic ring is 1. The van der Waals surface area contributed by atoms with Gasteiger partial charge in [-0.15, -0.1) is 11.3 Å². The zero-order chi connectivity index (χ0) is 22.8. The van der Waals surface area contributed by atoms with E-state index in [1.54, 1.807) is 0 Å². The van der Waals surface area contributed by atoms with Crippen LogP contribution in [0, 0.1) is 18.8 Å². The highest BCUT2D eigenvalue weighted by atomic mass is 32.1. The summed E-state index contributed by atoms with van der Waals surface area (Å²) in [7, 11) is 0. The highest BCUT2D eigenvalue weighted by molar-refractivity contribution is 7.17. The Hall–Kier alpha value is -3.93. The number of carbonyl (C=O) groups is 1. The maximum absolute atomic E-state index is 13.0. The van der Waals surface area contributed by atoms with E-state index in [0.717, 1.165) is 38.9 Å². The lowest BCUT2D eigenvalue weighted by Crippen LogP contribution is -2.33. The summed E-state index contributed by atoms with van der Waals surface area (Å²) in [5, 5.41) is 7.06. The fraction of sp³-hybridized carbons (Fsp3) is 0.160. The van der Waals surface area contributed by atoms with Crippen molar-refractivity contribution in [2.75, 3.05) is 17.7 Å². The number of benzene rings is 2. The molecule has 1 fully saturated rings. The third-order valence-corrected chi connectivity index (χ3v) is 6.40. The Balaban J connectivity index is 1.37. The molecule has 1 atom stereocenters. The number of anilines is 2. The van der Waals surface area contributed by atoms with E-state index in [2.05, 4.69) is 27.1 Å². The number of carbonyl (C=O) groups excluding carboxylic acids is 1. The lowest BCUT2D eigenvalue weighted by Gasteiger charge is -2.23. The van der Waals surface area contributed by atoms with Crippen molar-refractivity contribution < 1.29 is 9.63 Å². The molecule has 2 aromatic heterocycles. The van der Waals surface area contributed by atoms with Gasteiger partial charge in [-0.05, 0) is 30.2 Å². The summed E-state index contributed by atoms with van der Waals surface area (Å²) < 4.78 is 0. The highest BCUT2D eigenvalue weighted by Crippen LogP contribution is 2.31. The van der Waals surface area contributed by atoms with Crippen molar-refractivity contribution in [2.24, 2.45) is 0 Å². The summed E-state index contributed by atoms with van der Waals surface area (Å²) in [6.45, 7) is 2.48. The van der Waals surface area contributed by atoms with Crippen LogP contribution in [-0.4, -0.2) is 27.7 Å². The maximum Gasteiger partial charge on any atom is 0.346 e. The molecule has 1 aliphatic heterocycles. The zero-order valence-electron chi connectivity index (χ0n) is 17.9. The van der Waals surface area contributed by atoms with Gasteiger partial charge >= 0.3 is 6.03 Å². The molecule has 0 unspecified atom stereocenters. The topological polar surface area (TPSA) is 93.4 Å². The molecule has 0 spiro atoms. The first-order valence-electron chi connectivity index (χ1n) is 10.5. The van der Waals surface area contributed by atoms with Crippen LogP contribution in [0.3, 0.4) is 0 Å². The summed E-state index contributed by atoms with van der Waals surface area (Å²) in [4.78, 5) is 27.7. The highest BCUT2D eigenvalue weighted by Gasteiger charge is 2.31. The van der Waals surface area contributed by atoms with E-state index in [-0.39, 0.29) is 12.1 Å². The molecular weight excluding hydrogens is 434 g/mol. The molecule has 33 heavy (non-hydrogen) atoms. The molecule has 2 amide bonds. The average Bonchev–Trinajstić information content (AvgIpc) is 3.48. The molecule has 4 aromatic rings. The molecule has 7 nitrogen and oxygen atoms in total. The van der Waals surface area contributed by atoms with Crippen LogP contribution in [-0.2, 0) is 4.84 Å². The van der Waals surface area contributed by atoms with Crippen LogP contribution in [0.5, 0.6) is 0 Å². The number of nitrogens with one attached hydrogen (secondary N) is 1.